The van der Waals surface area contributed by atoms with Crippen molar-refractivity contribution in [3.63, 3.8) is 0 Å². The molecule has 3 heteroatoms. The molecule has 62 valence electrons. The van der Waals surface area contributed by atoms with E-state index in [0.29, 0.717) is 6.54 Å². The molecule has 0 fully saturated rings. The van der Waals surface area contributed by atoms with Gasteiger partial charge >= 0.3 is 0 Å². The normalized spacial score (nSPS) is 10.8. The number of H-pyrrole nitrogens is 1. The maximum Gasteiger partial charge on any atom is 0.0653 e. The lowest BCUT2D eigenvalue weighted by molar-refractivity contribution is 1.05. The molecule has 0 amide bonds. The van der Waals surface area contributed by atoms with Crippen molar-refractivity contribution < 1.29 is 0 Å². The second-order valence-electron chi connectivity index (χ2n) is 2.94. The van der Waals surface area contributed by atoms with Crippen LogP contribution in [0.15, 0.2) is 18.3 Å². The molecule has 0 saturated heterocycles. The number of aromatic amines is 1. The number of nitrogens with two attached hydrogens (primary N) is 1. The van der Waals surface area contributed by atoms with E-state index in [1.165, 1.54) is 11.1 Å². The van der Waals surface area contributed by atoms with E-state index < -0.39 is 0 Å². The summed E-state index contributed by atoms with van der Waals surface area (Å²) in [5.41, 5.74) is 9.03. The van der Waals surface area contributed by atoms with E-state index in [9.17, 15) is 0 Å². The largest absolute Gasteiger partial charge is 0.326 e. The smallest absolute Gasteiger partial charge is 0.0653 e. The van der Waals surface area contributed by atoms with Gasteiger partial charge in [-0.3, -0.25) is 5.10 Å². The highest BCUT2D eigenvalue weighted by atomic mass is 15.1. The Morgan fingerprint density at radius 2 is 2.33 bits per heavy atom. The Labute approximate surface area is 70.6 Å². The molecule has 0 spiro atoms. The zero-order chi connectivity index (χ0) is 8.55. The topological polar surface area (TPSA) is 54.7 Å². The van der Waals surface area contributed by atoms with Gasteiger partial charge in [0, 0.05) is 11.9 Å². The number of aryl methyl sites for hydroxylation is 1. The van der Waals surface area contributed by atoms with E-state index in [0.717, 1.165) is 10.9 Å². The summed E-state index contributed by atoms with van der Waals surface area (Å²) in [6, 6.07) is 4.15. The number of hydrogen-bond acceptors (Lipinski definition) is 2. The molecule has 0 unspecified atom stereocenters. The lowest BCUT2D eigenvalue weighted by Gasteiger charge is -2.01. The number of benzene rings is 1. The van der Waals surface area contributed by atoms with Gasteiger partial charge in [0.15, 0.2) is 0 Å². The molecule has 0 saturated carbocycles. The Kier molecular flexibility index (Phi) is 1.59. The van der Waals surface area contributed by atoms with Crippen molar-refractivity contribution in [2.75, 3.05) is 0 Å². The first kappa shape index (κ1) is 7.31. The fraction of sp³-hybridized carbons (Fsp3) is 0.222. The quantitative estimate of drug-likeness (QED) is 0.663. The van der Waals surface area contributed by atoms with Gasteiger partial charge < -0.3 is 5.73 Å². The molecule has 0 aliphatic heterocycles. The summed E-state index contributed by atoms with van der Waals surface area (Å²) in [6.45, 7) is 2.65. The van der Waals surface area contributed by atoms with Crippen LogP contribution in [0, 0.1) is 6.92 Å². The van der Waals surface area contributed by atoms with Gasteiger partial charge in [0.05, 0.1) is 11.7 Å². The maximum atomic E-state index is 5.58. The number of rotatable bonds is 1. The van der Waals surface area contributed by atoms with Crippen molar-refractivity contribution in [1.29, 1.82) is 0 Å². The molecule has 1 aromatic carbocycles. The molecule has 1 heterocycles. The third-order valence-electron chi connectivity index (χ3n) is 2.12. The average molecular weight is 161 g/mol. The van der Waals surface area contributed by atoms with Gasteiger partial charge in [0.2, 0.25) is 0 Å². The highest BCUT2D eigenvalue weighted by Gasteiger charge is 2.00. The van der Waals surface area contributed by atoms with Crippen molar-refractivity contribution in [3.8, 4) is 0 Å². The molecule has 0 radical (unpaired) electrons. The van der Waals surface area contributed by atoms with Crippen LogP contribution in [0.2, 0.25) is 0 Å². The van der Waals surface area contributed by atoms with Crippen molar-refractivity contribution >= 4 is 10.9 Å². The van der Waals surface area contributed by atoms with Gasteiger partial charge in [-0.25, -0.2) is 0 Å². The van der Waals surface area contributed by atoms with E-state index in [2.05, 4.69) is 29.3 Å². The van der Waals surface area contributed by atoms with Gasteiger partial charge in [-0.2, -0.15) is 5.10 Å². The molecule has 0 bridgehead atoms. The Balaban J connectivity index is 2.73. The Morgan fingerprint density at radius 1 is 1.50 bits per heavy atom. The first-order valence-corrected chi connectivity index (χ1v) is 3.94. The fourth-order valence-corrected chi connectivity index (χ4v) is 1.37. The third kappa shape index (κ3) is 0.987. The molecule has 3 nitrogen and oxygen atoms in total. The minimum atomic E-state index is 0.584. The predicted octanol–water partition coefficient (Wildman–Crippen LogP) is 1.33. The van der Waals surface area contributed by atoms with Crippen LogP contribution in [-0.4, -0.2) is 10.2 Å². The van der Waals surface area contributed by atoms with Crippen molar-refractivity contribution in [3.05, 3.63) is 29.5 Å². The minimum Gasteiger partial charge on any atom is -0.326 e. The Morgan fingerprint density at radius 3 is 3.08 bits per heavy atom. The van der Waals surface area contributed by atoms with Gasteiger partial charge in [0.1, 0.15) is 0 Å². The van der Waals surface area contributed by atoms with Crippen molar-refractivity contribution in [2.45, 2.75) is 13.5 Å². The zero-order valence-electron chi connectivity index (χ0n) is 6.96. The van der Waals surface area contributed by atoms with Crippen LogP contribution in [0.1, 0.15) is 11.1 Å². The van der Waals surface area contributed by atoms with Crippen molar-refractivity contribution in [2.24, 2.45) is 5.73 Å². The van der Waals surface area contributed by atoms with Crippen LogP contribution < -0.4 is 5.73 Å². The van der Waals surface area contributed by atoms with Crippen LogP contribution in [0.5, 0.6) is 0 Å². The van der Waals surface area contributed by atoms with E-state index in [4.69, 9.17) is 5.73 Å². The summed E-state index contributed by atoms with van der Waals surface area (Å²) in [6.07, 6.45) is 1.82. The highest BCUT2D eigenvalue weighted by molar-refractivity contribution is 5.79. The highest BCUT2D eigenvalue weighted by Crippen LogP contribution is 2.16. The van der Waals surface area contributed by atoms with Crippen LogP contribution in [-0.2, 0) is 6.54 Å². The van der Waals surface area contributed by atoms with Crippen LogP contribution >= 0.6 is 0 Å². The van der Waals surface area contributed by atoms with E-state index in [1.807, 2.05) is 6.20 Å². The predicted molar refractivity (Wildman–Crippen MR) is 48.7 cm³/mol. The first-order valence-electron chi connectivity index (χ1n) is 3.94. The van der Waals surface area contributed by atoms with Crippen LogP contribution in [0.25, 0.3) is 10.9 Å². The minimum absolute atomic E-state index is 0.584. The Bertz CT molecular complexity index is 403. The van der Waals surface area contributed by atoms with E-state index >= 15 is 0 Å². The first-order chi connectivity index (χ1) is 5.81. The number of aromatic nitrogens is 2. The second kappa shape index (κ2) is 2.60. The molecular formula is C9H11N3. The molecule has 0 aliphatic rings. The molecule has 0 aliphatic carbocycles. The lowest BCUT2D eigenvalue weighted by atomic mass is 10.1. The number of fused-ring (bicyclic) bond motifs is 1. The van der Waals surface area contributed by atoms with E-state index in [1.54, 1.807) is 0 Å². The van der Waals surface area contributed by atoms with Crippen LogP contribution in [0.3, 0.4) is 0 Å². The standard InChI is InChI=1S/C9H11N3/c1-6-2-8-5-11-12-9(8)3-7(6)4-10/h2-3,5H,4,10H2,1H3,(H,11,12). The third-order valence-corrected chi connectivity index (χ3v) is 2.12. The molecular weight excluding hydrogens is 150 g/mol. The Hall–Kier alpha value is -1.35. The SMILES string of the molecule is Cc1cc2cn[nH]c2cc1CN. The number of nitrogens with zero attached hydrogens (tertiary/aromatic N) is 1. The van der Waals surface area contributed by atoms with Gasteiger partial charge in [-0.1, -0.05) is 0 Å². The van der Waals surface area contributed by atoms with Crippen molar-refractivity contribution in [1.82, 2.24) is 10.2 Å². The van der Waals surface area contributed by atoms with Crippen LogP contribution in [0.4, 0.5) is 0 Å². The summed E-state index contributed by atoms with van der Waals surface area (Å²) in [7, 11) is 0. The summed E-state index contributed by atoms with van der Waals surface area (Å²) in [5.74, 6) is 0. The number of nitrogens with one attached hydrogen (secondary N) is 1. The van der Waals surface area contributed by atoms with Gasteiger partial charge in [-0.15, -0.1) is 0 Å². The lowest BCUT2D eigenvalue weighted by Crippen LogP contribution is -1.98. The molecule has 12 heavy (non-hydrogen) atoms. The summed E-state index contributed by atoms with van der Waals surface area (Å²) < 4.78 is 0. The van der Waals surface area contributed by atoms with E-state index in [-0.39, 0.29) is 0 Å². The molecule has 2 aromatic rings. The molecule has 0 atom stereocenters. The fourth-order valence-electron chi connectivity index (χ4n) is 1.37. The molecule has 3 N–H and O–H groups in total. The zero-order valence-corrected chi connectivity index (χ0v) is 6.96. The maximum absolute atomic E-state index is 5.58. The summed E-state index contributed by atoms with van der Waals surface area (Å²) in [4.78, 5) is 0. The summed E-state index contributed by atoms with van der Waals surface area (Å²) >= 11 is 0. The molecule has 1 aromatic heterocycles. The monoisotopic (exact) mass is 161 g/mol. The van der Waals surface area contributed by atoms with Gasteiger partial charge in [0.25, 0.3) is 0 Å². The van der Waals surface area contributed by atoms with Gasteiger partial charge in [-0.05, 0) is 30.2 Å². The number of hydrogen-bond donors (Lipinski definition) is 2. The second-order valence-corrected chi connectivity index (χ2v) is 2.94. The summed E-state index contributed by atoms with van der Waals surface area (Å²) in [5, 5.41) is 8.01. The molecule has 2 rings (SSSR count). The average Bonchev–Trinajstić information content (AvgIpc) is 2.49.